The van der Waals surface area contributed by atoms with Gasteiger partial charge in [-0.2, -0.15) is 13.2 Å². The fourth-order valence-electron chi connectivity index (χ4n) is 4.81. The maximum absolute atomic E-state index is 14.4. The predicted molar refractivity (Wildman–Crippen MR) is 116 cm³/mol. The first-order chi connectivity index (χ1) is 14.8. The largest absolute Gasteiger partial charge is 0.491 e. The number of halogens is 4. The summed E-state index contributed by atoms with van der Waals surface area (Å²) in [6.07, 6.45) is 3.35. The summed E-state index contributed by atoms with van der Waals surface area (Å²) in [6, 6.07) is 10.9. The van der Waals surface area contributed by atoms with Crippen LogP contribution in [-0.4, -0.2) is 6.61 Å². The molecule has 170 valence electrons. The second-order valence-electron chi connectivity index (χ2n) is 8.59. The Balaban J connectivity index is 1.66. The number of benzene rings is 2. The van der Waals surface area contributed by atoms with Crippen molar-refractivity contribution in [1.29, 1.82) is 0 Å². The Bertz CT molecular complexity index is 834. The van der Waals surface area contributed by atoms with Gasteiger partial charge in [-0.05, 0) is 80.0 Å². The van der Waals surface area contributed by atoms with E-state index in [1.165, 1.54) is 56.2 Å². The molecule has 5 heteroatoms. The number of aryl methyl sites for hydroxylation is 2. The highest BCUT2D eigenvalue weighted by Gasteiger charge is 2.38. The molecule has 31 heavy (non-hydrogen) atoms. The monoisotopic (exact) mass is 436 g/mol. The van der Waals surface area contributed by atoms with Gasteiger partial charge < -0.3 is 4.74 Å². The molecule has 1 aliphatic rings. The highest BCUT2D eigenvalue weighted by molar-refractivity contribution is 5.40. The zero-order chi connectivity index (χ0) is 22.4. The molecule has 2 aromatic rings. The zero-order valence-electron chi connectivity index (χ0n) is 18.4. The molecular weight excluding hydrogens is 404 g/mol. The summed E-state index contributed by atoms with van der Waals surface area (Å²) in [7, 11) is 0. The van der Waals surface area contributed by atoms with E-state index in [9.17, 15) is 17.6 Å². The predicted octanol–water partition coefficient (Wildman–Crippen LogP) is 8.10. The van der Waals surface area contributed by atoms with E-state index in [2.05, 4.69) is 19.1 Å². The van der Waals surface area contributed by atoms with Crippen molar-refractivity contribution in [3.63, 3.8) is 0 Å². The molecule has 1 aliphatic carbocycles. The molecule has 0 radical (unpaired) electrons. The molecule has 0 N–H and O–H groups in total. The Morgan fingerprint density at radius 3 is 2.16 bits per heavy atom. The lowest BCUT2D eigenvalue weighted by atomic mass is 9.77. The van der Waals surface area contributed by atoms with Crippen molar-refractivity contribution in [1.82, 2.24) is 0 Å². The summed E-state index contributed by atoms with van der Waals surface area (Å²) >= 11 is 0. The van der Waals surface area contributed by atoms with Crippen LogP contribution in [0, 0.1) is 11.7 Å². The van der Waals surface area contributed by atoms with Gasteiger partial charge in [-0.15, -0.1) is 0 Å². The van der Waals surface area contributed by atoms with Crippen molar-refractivity contribution in [2.45, 2.75) is 77.3 Å². The maximum atomic E-state index is 14.4. The minimum Gasteiger partial charge on any atom is -0.491 e. The van der Waals surface area contributed by atoms with Crippen LogP contribution in [0.3, 0.4) is 0 Å². The molecule has 1 saturated carbocycles. The smallest absolute Gasteiger partial charge is 0.419 e. The lowest BCUT2D eigenvalue weighted by molar-refractivity contribution is -0.140. The van der Waals surface area contributed by atoms with Crippen molar-refractivity contribution in [3.05, 3.63) is 64.5 Å². The van der Waals surface area contributed by atoms with Crippen LogP contribution in [-0.2, 0) is 19.0 Å². The number of alkyl halides is 3. The molecular formula is C26H32F4O. The number of hydrogen-bond donors (Lipinski definition) is 0. The molecule has 0 unspecified atom stereocenters. The SMILES string of the molecule is CCCC1CCC(c2ccc(CCc3ccc(OCC)c(F)c3C(F)(F)F)cc2)CC1. The van der Waals surface area contributed by atoms with E-state index in [-0.39, 0.29) is 24.3 Å². The summed E-state index contributed by atoms with van der Waals surface area (Å²) in [5.41, 5.74) is 1.04. The number of hydrogen-bond acceptors (Lipinski definition) is 1. The topological polar surface area (TPSA) is 9.23 Å². The highest BCUT2D eigenvalue weighted by Crippen LogP contribution is 2.39. The van der Waals surface area contributed by atoms with E-state index in [0.717, 1.165) is 11.5 Å². The van der Waals surface area contributed by atoms with Crippen LogP contribution in [0.5, 0.6) is 5.75 Å². The average molecular weight is 437 g/mol. The van der Waals surface area contributed by atoms with E-state index in [0.29, 0.717) is 12.3 Å². The molecule has 0 bridgehead atoms. The lowest BCUT2D eigenvalue weighted by Crippen LogP contribution is -2.14. The van der Waals surface area contributed by atoms with Gasteiger partial charge in [0.05, 0.1) is 12.2 Å². The van der Waals surface area contributed by atoms with E-state index < -0.39 is 17.6 Å². The summed E-state index contributed by atoms with van der Waals surface area (Å²) in [5, 5.41) is 0. The van der Waals surface area contributed by atoms with Gasteiger partial charge in [0.2, 0.25) is 0 Å². The molecule has 0 spiro atoms. The van der Waals surface area contributed by atoms with Gasteiger partial charge in [0.1, 0.15) is 0 Å². The van der Waals surface area contributed by atoms with Crippen LogP contribution in [0.1, 0.15) is 80.5 Å². The van der Waals surface area contributed by atoms with E-state index in [4.69, 9.17) is 4.74 Å². The fourth-order valence-corrected chi connectivity index (χ4v) is 4.81. The fraction of sp³-hybridized carbons (Fsp3) is 0.538. The van der Waals surface area contributed by atoms with Crippen LogP contribution in [0.15, 0.2) is 36.4 Å². The molecule has 0 saturated heterocycles. The van der Waals surface area contributed by atoms with Crippen molar-refractivity contribution in [3.8, 4) is 5.75 Å². The average Bonchev–Trinajstić information content (AvgIpc) is 2.74. The Hall–Kier alpha value is -2.04. The quantitative estimate of drug-likeness (QED) is 0.380. The third kappa shape index (κ3) is 6.02. The molecule has 0 atom stereocenters. The Labute approximate surface area is 182 Å². The third-order valence-corrected chi connectivity index (χ3v) is 6.45. The lowest BCUT2D eigenvalue weighted by Gasteiger charge is -2.28. The van der Waals surface area contributed by atoms with Crippen LogP contribution in [0.2, 0.25) is 0 Å². The standard InChI is InChI=1S/C26H32F4O/c1-3-5-18-6-11-20(12-7-18)21-13-8-19(9-14-21)10-15-22-16-17-23(31-4-2)25(27)24(22)26(28,29)30/h8-9,13-14,16-18,20H,3-7,10-12,15H2,1-2H3. The Kier molecular flexibility index (Phi) is 8.01. The Morgan fingerprint density at radius 1 is 0.903 bits per heavy atom. The summed E-state index contributed by atoms with van der Waals surface area (Å²) in [4.78, 5) is 0. The van der Waals surface area contributed by atoms with Crippen LogP contribution >= 0.6 is 0 Å². The molecule has 0 aliphatic heterocycles. The minimum absolute atomic E-state index is 0.0354. The molecule has 1 nitrogen and oxygen atoms in total. The van der Waals surface area contributed by atoms with Crippen molar-refractivity contribution in [2.24, 2.45) is 5.92 Å². The highest BCUT2D eigenvalue weighted by atomic mass is 19.4. The van der Waals surface area contributed by atoms with Gasteiger partial charge in [-0.25, -0.2) is 4.39 Å². The second kappa shape index (κ2) is 10.5. The van der Waals surface area contributed by atoms with Gasteiger partial charge in [0, 0.05) is 0 Å². The maximum Gasteiger partial charge on any atom is 0.419 e. The van der Waals surface area contributed by atoms with Crippen molar-refractivity contribution >= 4 is 0 Å². The van der Waals surface area contributed by atoms with E-state index in [1.807, 2.05) is 12.1 Å². The molecule has 0 amide bonds. The van der Waals surface area contributed by atoms with Crippen LogP contribution in [0.4, 0.5) is 17.6 Å². The Morgan fingerprint density at radius 2 is 1.58 bits per heavy atom. The summed E-state index contributed by atoms with van der Waals surface area (Å²) < 4.78 is 59.9. The zero-order valence-corrected chi connectivity index (χ0v) is 18.4. The van der Waals surface area contributed by atoms with Crippen LogP contribution < -0.4 is 4.74 Å². The van der Waals surface area contributed by atoms with Gasteiger partial charge in [-0.3, -0.25) is 0 Å². The molecule has 3 rings (SSSR count). The second-order valence-corrected chi connectivity index (χ2v) is 8.59. The third-order valence-electron chi connectivity index (χ3n) is 6.45. The van der Waals surface area contributed by atoms with Crippen LogP contribution in [0.25, 0.3) is 0 Å². The molecule has 0 aromatic heterocycles. The molecule has 2 aromatic carbocycles. The summed E-state index contributed by atoms with van der Waals surface area (Å²) in [5.74, 6) is -0.227. The normalized spacial score (nSPS) is 19.4. The first-order valence-electron chi connectivity index (χ1n) is 11.4. The summed E-state index contributed by atoms with van der Waals surface area (Å²) in [6.45, 7) is 3.96. The molecule has 0 heterocycles. The van der Waals surface area contributed by atoms with Gasteiger partial charge in [0.25, 0.3) is 0 Å². The van der Waals surface area contributed by atoms with E-state index >= 15 is 0 Å². The van der Waals surface area contributed by atoms with Crippen molar-refractivity contribution < 1.29 is 22.3 Å². The minimum atomic E-state index is -4.76. The van der Waals surface area contributed by atoms with Gasteiger partial charge >= 0.3 is 6.18 Å². The number of rotatable bonds is 8. The van der Waals surface area contributed by atoms with E-state index in [1.54, 1.807) is 6.92 Å². The number of ether oxygens (including phenoxy) is 1. The van der Waals surface area contributed by atoms with Gasteiger partial charge in [-0.1, -0.05) is 50.1 Å². The first kappa shape index (κ1) is 23.6. The van der Waals surface area contributed by atoms with Crippen molar-refractivity contribution in [2.75, 3.05) is 6.61 Å². The molecule has 1 fully saturated rings. The first-order valence-corrected chi connectivity index (χ1v) is 11.4. The van der Waals surface area contributed by atoms with Gasteiger partial charge in [0.15, 0.2) is 11.6 Å².